The molecule has 7 heteroatoms. The second kappa shape index (κ2) is 6.92. The normalized spacial score (nSPS) is 13.6. The van der Waals surface area contributed by atoms with Crippen LogP contribution in [0.4, 0.5) is 4.39 Å². The Morgan fingerprint density at radius 3 is 2.48 bits per heavy atom. The zero-order valence-corrected chi connectivity index (χ0v) is 14.4. The van der Waals surface area contributed by atoms with Gasteiger partial charge in [0.25, 0.3) is 0 Å². The number of hydrogen-bond donors (Lipinski definition) is 2. The lowest BCUT2D eigenvalue weighted by Gasteiger charge is -2.19. The van der Waals surface area contributed by atoms with E-state index in [9.17, 15) is 19.1 Å². The number of ketones is 1. The fraction of sp³-hybridized carbons (Fsp3) is 0.111. The highest BCUT2D eigenvalue weighted by Crippen LogP contribution is 2.38. The first-order valence-electron chi connectivity index (χ1n) is 7.35. The van der Waals surface area contributed by atoms with E-state index in [1.54, 1.807) is 30.3 Å². The summed E-state index contributed by atoms with van der Waals surface area (Å²) in [5, 5.41) is 9.98. The van der Waals surface area contributed by atoms with Gasteiger partial charge in [-0.2, -0.15) is 0 Å². The summed E-state index contributed by atoms with van der Waals surface area (Å²) in [6, 6.07) is 11.5. The van der Waals surface area contributed by atoms with Crippen molar-refractivity contribution in [2.24, 2.45) is 11.7 Å². The summed E-state index contributed by atoms with van der Waals surface area (Å²) in [7, 11) is 0. The minimum atomic E-state index is -1.49. The Bertz CT molecular complexity index is 958. The van der Waals surface area contributed by atoms with Gasteiger partial charge in [0.15, 0.2) is 5.78 Å². The van der Waals surface area contributed by atoms with Crippen molar-refractivity contribution in [3.63, 3.8) is 0 Å². The second-order valence-electron chi connectivity index (χ2n) is 5.50. The molecule has 0 aliphatic heterocycles. The molecule has 1 aromatic heterocycles. The fourth-order valence-electron chi connectivity index (χ4n) is 2.64. The number of fused-ring (bicyclic) bond motifs is 1. The van der Waals surface area contributed by atoms with Crippen LogP contribution in [0.25, 0.3) is 10.1 Å². The van der Waals surface area contributed by atoms with Gasteiger partial charge in [0.2, 0.25) is 0 Å². The second-order valence-corrected chi connectivity index (χ2v) is 6.93. The number of carboxylic acids is 1. The maximum absolute atomic E-state index is 13.4. The van der Waals surface area contributed by atoms with E-state index in [-0.39, 0.29) is 9.90 Å². The molecule has 3 N–H and O–H groups in total. The van der Waals surface area contributed by atoms with Crippen LogP contribution in [0.2, 0.25) is 5.02 Å². The molecule has 4 nitrogen and oxygen atoms in total. The highest BCUT2D eigenvalue weighted by Gasteiger charge is 2.36. The highest BCUT2D eigenvalue weighted by atomic mass is 35.5. The van der Waals surface area contributed by atoms with Gasteiger partial charge in [-0.15, -0.1) is 11.3 Å². The van der Waals surface area contributed by atoms with E-state index in [1.807, 2.05) is 0 Å². The molecular formula is C18H13ClFNO3S. The van der Waals surface area contributed by atoms with Gasteiger partial charge in [-0.25, -0.2) is 4.39 Å². The number of rotatable bonds is 5. The molecule has 1 heterocycles. The van der Waals surface area contributed by atoms with Crippen LogP contribution in [-0.4, -0.2) is 16.9 Å². The van der Waals surface area contributed by atoms with Crippen LogP contribution in [0.1, 0.15) is 21.3 Å². The standard InChI is InChI=1S/C18H13ClFNO3S/c19-14-11-8-10(20)6-7-12(11)25-17(14)16(22)13(18(23)24)15(21)9-4-2-1-3-5-9/h1-8,13,15H,21H2,(H,23,24)/t13-,15?/m0/s1. The largest absolute Gasteiger partial charge is 0.481 e. The van der Waals surface area contributed by atoms with E-state index in [2.05, 4.69) is 0 Å². The molecule has 0 radical (unpaired) electrons. The van der Waals surface area contributed by atoms with Gasteiger partial charge in [-0.1, -0.05) is 41.9 Å². The van der Waals surface area contributed by atoms with Crippen LogP contribution in [0.15, 0.2) is 48.5 Å². The van der Waals surface area contributed by atoms with Crippen molar-refractivity contribution in [3.05, 3.63) is 69.8 Å². The fourth-order valence-corrected chi connectivity index (χ4v) is 4.11. The number of carboxylic acid groups (broad SMARTS) is 1. The lowest BCUT2D eigenvalue weighted by Crippen LogP contribution is -2.34. The van der Waals surface area contributed by atoms with Crippen LogP contribution >= 0.6 is 22.9 Å². The van der Waals surface area contributed by atoms with E-state index >= 15 is 0 Å². The summed E-state index contributed by atoms with van der Waals surface area (Å²) in [6.45, 7) is 0. The van der Waals surface area contributed by atoms with Gasteiger partial charge >= 0.3 is 5.97 Å². The van der Waals surface area contributed by atoms with E-state index in [4.69, 9.17) is 17.3 Å². The molecule has 3 rings (SSSR count). The van der Waals surface area contributed by atoms with Crippen molar-refractivity contribution < 1.29 is 19.1 Å². The van der Waals surface area contributed by atoms with Crippen LogP contribution in [0, 0.1) is 11.7 Å². The Hall–Kier alpha value is -2.28. The molecule has 0 fully saturated rings. The third-order valence-corrected chi connectivity index (χ3v) is 5.60. The van der Waals surface area contributed by atoms with Gasteiger partial charge in [-0.3, -0.25) is 9.59 Å². The molecule has 0 amide bonds. The highest BCUT2D eigenvalue weighted by molar-refractivity contribution is 7.21. The molecule has 25 heavy (non-hydrogen) atoms. The summed E-state index contributed by atoms with van der Waals surface area (Å²) >= 11 is 7.24. The third-order valence-electron chi connectivity index (χ3n) is 3.91. The first kappa shape index (κ1) is 17.5. The first-order valence-corrected chi connectivity index (χ1v) is 8.54. The van der Waals surface area contributed by atoms with Crippen molar-refractivity contribution in [3.8, 4) is 0 Å². The van der Waals surface area contributed by atoms with E-state index in [1.165, 1.54) is 18.2 Å². The average Bonchev–Trinajstić information content (AvgIpc) is 2.92. The molecule has 0 saturated carbocycles. The molecule has 1 unspecified atom stereocenters. The predicted molar refractivity (Wildman–Crippen MR) is 95.6 cm³/mol. The van der Waals surface area contributed by atoms with Crippen LogP contribution in [0.5, 0.6) is 0 Å². The molecule has 0 aliphatic carbocycles. The summed E-state index contributed by atoms with van der Waals surface area (Å²) in [6.07, 6.45) is 0. The van der Waals surface area contributed by atoms with Crippen LogP contribution in [0.3, 0.4) is 0 Å². The third kappa shape index (κ3) is 3.28. The van der Waals surface area contributed by atoms with Gasteiger partial charge in [-0.05, 0) is 23.8 Å². The summed E-state index contributed by atoms with van der Waals surface area (Å²) in [5.74, 6) is -3.99. The zero-order valence-electron chi connectivity index (χ0n) is 12.8. The van der Waals surface area contributed by atoms with Crippen molar-refractivity contribution in [1.29, 1.82) is 0 Å². The Balaban J connectivity index is 2.05. The Morgan fingerprint density at radius 1 is 1.16 bits per heavy atom. The molecule has 2 aromatic carbocycles. The number of carbonyl (C=O) groups excluding carboxylic acids is 1. The number of thiophene rings is 1. The lowest BCUT2D eigenvalue weighted by molar-refractivity contribution is -0.140. The first-order chi connectivity index (χ1) is 11.9. The molecule has 2 atom stereocenters. The number of halogens is 2. The number of hydrogen-bond acceptors (Lipinski definition) is 4. The topological polar surface area (TPSA) is 80.4 Å². The maximum atomic E-state index is 13.4. The van der Waals surface area contributed by atoms with Gasteiger partial charge in [0.1, 0.15) is 11.7 Å². The molecule has 0 bridgehead atoms. The minimum Gasteiger partial charge on any atom is -0.481 e. The lowest BCUT2D eigenvalue weighted by atomic mass is 9.89. The SMILES string of the molecule is NC(c1ccccc1)[C@H](C(=O)O)C(=O)c1sc2ccc(F)cc2c1Cl. The van der Waals surface area contributed by atoms with Crippen LogP contribution in [-0.2, 0) is 4.79 Å². The summed E-state index contributed by atoms with van der Waals surface area (Å²) in [5.41, 5.74) is 6.58. The smallest absolute Gasteiger partial charge is 0.316 e. The number of carbonyl (C=O) groups is 2. The minimum absolute atomic E-state index is 0.0519. The molecule has 128 valence electrons. The van der Waals surface area contributed by atoms with E-state index < -0.39 is 29.5 Å². The van der Waals surface area contributed by atoms with Gasteiger partial charge < -0.3 is 10.8 Å². The monoisotopic (exact) mass is 377 g/mol. The van der Waals surface area contributed by atoms with Crippen molar-refractivity contribution >= 4 is 44.8 Å². The Kier molecular flexibility index (Phi) is 4.85. The molecular weight excluding hydrogens is 365 g/mol. The molecule has 3 aromatic rings. The summed E-state index contributed by atoms with van der Waals surface area (Å²) < 4.78 is 14.0. The summed E-state index contributed by atoms with van der Waals surface area (Å²) in [4.78, 5) is 24.6. The van der Waals surface area contributed by atoms with E-state index in [0.29, 0.717) is 15.6 Å². The van der Waals surface area contributed by atoms with Gasteiger partial charge in [0, 0.05) is 10.1 Å². The number of aliphatic carboxylic acids is 1. The van der Waals surface area contributed by atoms with Crippen LogP contribution < -0.4 is 5.73 Å². The van der Waals surface area contributed by atoms with Crippen molar-refractivity contribution in [2.75, 3.05) is 0 Å². The molecule has 0 aliphatic rings. The van der Waals surface area contributed by atoms with E-state index in [0.717, 1.165) is 11.3 Å². The Morgan fingerprint density at radius 2 is 1.84 bits per heavy atom. The quantitative estimate of drug-likeness (QED) is 0.513. The average molecular weight is 378 g/mol. The van der Waals surface area contributed by atoms with Crippen molar-refractivity contribution in [2.45, 2.75) is 6.04 Å². The molecule has 0 saturated heterocycles. The number of Topliss-reactive ketones (excluding diaryl/α,β-unsaturated/α-hetero) is 1. The maximum Gasteiger partial charge on any atom is 0.316 e. The van der Waals surface area contributed by atoms with Gasteiger partial charge in [0.05, 0.1) is 15.9 Å². The predicted octanol–water partition coefficient (Wildman–Crippen LogP) is 4.28. The Labute approximate surface area is 151 Å². The number of benzene rings is 2. The number of nitrogens with two attached hydrogens (primary N) is 1. The molecule has 0 spiro atoms. The zero-order chi connectivity index (χ0) is 18.1. The van der Waals surface area contributed by atoms with Crippen molar-refractivity contribution in [1.82, 2.24) is 0 Å².